The van der Waals surface area contributed by atoms with Crippen LogP contribution in [0.3, 0.4) is 0 Å². The number of methoxy groups -OCH3 is 1. The largest absolute Gasteiger partial charge is 0.469 e. The van der Waals surface area contributed by atoms with E-state index in [9.17, 15) is 4.79 Å². The molecule has 0 fully saturated rings. The Morgan fingerprint density at radius 2 is 2.47 bits per heavy atom. The highest BCUT2D eigenvalue weighted by atomic mass is 79.9. The minimum absolute atomic E-state index is 0.0228. The number of ether oxygens (including phenoxy) is 1. The first-order chi connectivity index (χ1) is 7.11. The molecule has 1 aromatic heterocycles. The Labute approximate surface area is 102 Å². The molecule has 0 aliphatic heterocycles. The fraction of sp³-hybridized carbons (Fsp3) is 0.500. The molecule has 2 N–H and O–H groups in total. The number of esters is 1. The normalized spacial score (nSPS) is 12.5. The van der Waals surface area contributed by atoms with Crippen molar-refractivity contribution in [2.24, 2.45) is 5.73 Å². The van der Waals surface area contributed by atoms with Crippen molar-refractivity contribution < 1.29 is 9.53 Å². The third-order valence-corrected chi connectivity index (χ3v) is 3.75. The highest BCUT2D eigenvalue weighted by Gasteiger charge is 2.09. The molecular weight excluding hydrogens is 278 g/mol. The number of thiophene rings is 1. The molecule has 0 radical (unpaired) electrons. The lowest BCUT2D eigenvalue weighted by molar-refractivity contribution is -0.140. The summed E-state index contributed by atoms with van der Waals surface area (Å²) in [7, 11) is 1.39. The zero-order chi connectivity index (χ0) is 11.3. The minimum Gasteiger partial charge on any atom is -0.469 e. The van der Waals surface area contributed by atoms with Gasteiger partial charge in [-0.15, -0.1) is 11.3 Å². The molecule has 0 aromatic carbocycles. The number of rotatable bonds is 5. The molecule has 0 saturated heterocycles. The van der Waals surface area contributed by atoms with E-state index in [1.54, 1.807) is 11.3 Å². The maximum absolute atomic E-state index is 10.9. The van der Waals surface area contributed by atoms with Gasteiger partial charge < -0.3 is 10.5 Å². The van der Waals surface area contributed by atoms with Gasteiger partial charge in [0, 0.05) is 27.2 Å². The zero-order valence-corrected chi connectivity index (χ0v) is 10.9. The van der Waals surface area contributed by atoms with E-state index in [-0.39, 0.29) is 12.0 Å². The van der Waals surface area contributed by atoms with Crippen molar-refractivity contribution in [1.82, 2.24) is 0 Å². The first kappa shape index (κ1) is 12.7. The van der Waals surface area contributed by atoms with Crippen molar-refractivity contribution in [3.8, 4) is 0 Å². The van der Waals surface area contributed by atoms with Crippen LogP contribution < -0.4 is 5.73 Å². The summed E-state index contributed by atoms with van der Waals surface area (Å²) in [4.78, 5) is 12.1. The Morgan fingerprint density at radius 3 is 3.00 bits per heavy atom. The van der Waals surface area contributed by atoms with E-state index in [0.29, 0.717) is 12.8 Å². The van der Waals surface area contributed by atoms with E-state index in [2.05, 4.69) is 26.7 Å². The van der Waals surface area contributed by atoms with E-state index in [1.165, 1.54) is 12.0 Å². The molecule has 1 heterocycles. The second-order valence-corrected chi connectivity index (χ2v) is 5.22. The van der Waals surface area contributed by atoms with Crippen LogP contribution in [0.2, 0.25) is 0 Å². The summed E-state index contributed by atoms with van der Waals surface area (Å²) < 4.78 is 5.64. The second-order valence-electron chi connectivity index (χ2n) is 3.31. The Balaban J connectivity index is 2.30. The van der Waals surface area contributed by atoms with Crippen LogP contribution in [0.15, 0.2) is 15.9 Å². The SMILES string of the molecule is COC(=O)CCC(N)Cc1cc(Br)cs1. The molecule has 0 amide bonds. The zero-order valence-electron chi connectivity index (χ0n) is 8.53. The van der Waals surface area contributed by atoms with E-state index in [0.717, 1.165) is 10.9 Å². The summed E-state index contributed by atoms with van der Waals surface area (Å²) in [5, 5.41) is 2.03. The number of carbonyl (C=O) groups is 1. The standard InChI is InChI=1S/C10H14BrNO2S/c1-14-10(13)3-2-8(12)5-9-4-7(11)6-15-9/h4,6,8H,2-3,5,12H2,1H3. The minimum atomic E-state index is -0.196. The van der Waals surface area contributed by atoms with E-state index < -0.39 is 0 Å². The molecule has 1 unspecified atom stereocenters. The Morgan fingerprint density at radius 1 is 1.73 bits per heavy atom. The number of hydrogen-bond donors (Lipinski definition) is 1. The predicted molar refractivity (Wildman–Crippen MR) is 64.9 cm³/mol. The van der Waals surface area contributed by atoms with Crippen LogP contribution >= 0.6 is 27.3 Å². The molecule has 0 bridgehead atoms. The average Bonchev–Trinajstić information content (AvgIpc) is 2.60. The summed E-state index contributed by atoms with van der Waals surface area (Å²) in [5.41, 5.74) is 5.90. The Kier molecular flexibility index (Phi) is 5.28. The van der Waals surface area contributed by atoms with Gasteiger partial charge in [-0.2, -0.15) is 0 Å². The van der Waals surface area contributed by atoms with Gasteiger partial charge in [-0.3, -0.25) is 4.79 Å². The lowest BCUT2D eigenvalue weighted by atomic mass is 10.1. The van der Waals surface area contributed by atoms with E-state index >= 15 is 0 Å². The van der Waals surface area contributed by atoms with Gasteiger partial charge in [0.15, 0.2) is 0 Å². The van der Waals surface area contributed by atoms with Crippen LogP contribution in [0.4, 0.5) is 0 Å². The van der Waals surface area contributed by atoms with Crippen LogP contribution in [0, 0.1) is 0 Å². The molecule has 15 heavy (non-hydrogen) atoms. The molecule has 1 rings (SSSR count). The molecule has 0 spiro atoms. The molecule has 84 valence electrons. The van der Waals surface area contributed by atoms with Gasteiger partial charge in [0.25, 0.3) is 0 Å². The average molecular weight is 292 g/mol. The van der Waals surface area contributed by atoms with Gasteiger partial charge in [-0.25, -0.2) is 0 Å². The molecule has 1 aromatic rings. The smallest absolute Gasteiger partial charge is 0.305 e. The summed E-state index contributed by atoms with van der Waals surface area (Å²) >= 11 is 5.07. The summed E-state index contributed by atoms with van der Waals surface area (Å²) in [6.45, 7) is 0. The summed E-state index contributed by atoms with van der Waals surface area (Å²) in [6.07, 6.45) is 1.87. The van der Waals surface area contributed by atoms with Gasteiger partial charge in [-0.1, -0.05) is 0 Å². The first-order valence-corrected chi connectivity index (χ1v) is 6.34. The first-order valence-electron chi connectivity index (χ1n) is 4.67. The third kappa shape index (κ3) is 4.77. The van der Waals surface area contributed by atoms with Crippen LogP contribution in [-0.2, 0) is 16.0 Å². The van der Waals surface area contributed by atoms with Crippen LogP contribution in [0.25, 0.3) is 0 Å². The summed E-state index contributed by atoms with van der Waals surface area (Å²) in [5.74, 6) is -0.196. The number of hydrogen-bond acceptors (Lipinski definition) is 4. The van der Waals surface area contributed by atoms with Crippen LogP contribution in [-0.4, -0.2) is 19.1 Å². The fourth-order valence-electron chi connectivity index (χ4n) is 1.23. The van der Waals surface area contributed by atoms with E-state index in [1.807, 2.05) is 5.38 Å². The lowest BCUT2D eigenvalue weighted by Crippen LogP contribution is -2.23. The highest BCUT2D eigenvalue weighted by molar-refractivity contribution is 9.10. The molecule has 0 aliphatic rings. The van der Waals surface area contributed by atoms with Gasteiger partial charge >= 0.3 is 5.97 Å². The van der Waals surface area contributed by atoms with Crippen LogP contribution in [0.5, 0.6) is 0 Å². The molecule has 1 atom stereocenters. The monoisotopic (exact) mass is 291 g/mol. The number of carbonyl (C=O) groups excluding carboxylic acids is 1. The predicted octanol–water partition coefficient (Wildman–Crippen LogP) is 2.33. The maximum atomic E-state index is 10.9. The fourth-order valence-corrected chi connectivity index (χ4v) is 2.77. The van der Waals surface area contributed by atoms with Gasteiger partial charge in [0.1, 0.15) is 0 Å². The van der Waals surface area contributed by atoms with Gasteiger partial charge in [-0.05, 0) is 34.8 Å². The molecule has 0 saturated carbocycles. The molecule has 5 heteroatoms. The van der Waals surface area contributed by atoms with Crippen molar-refractivity contribution in [3.05, 3.63) is 20.8 Å². The van der Waals surface area contributed by atoms with Crippen LogP contribution in [0.1, 0.15) is 17.7 Å². The van der Waals surface area contributed by atoms with Crippen molar-refractivity contribution in [2.45, 2.75) is 25.3 Å². The molecular formula is C10H14BrNO2S. The molecule has 0 aliphatic carbocycles. The third-order valence-electron chi connectivity index (χ3n) is 2.03. The van der Waals surface area contributed by atoms with Crippen molar-refractivity contribution in [3.63, 3.8) is 0 Å². The van der Waals surface area contributed by atoms with Crippen molar-refractivity contribution >= 4 is 33.2 Å². The number of halogens is 1. The topological polar surface area (TPSA) is 52.3 Å². The van der Waals surface area contributed by atoms with Gasteiger partial charge in [0.05, 0.1) is 7.11 Å². The van der Waals surface area contributed by atoms with Crippen molar-refractivity contribution in [2.75, 3.05) is 7.11 Å². The highest BCUT2D eigenvalue weighted by Crippen LogP contribution is 2.21. The Hall–Kier alpha value is -0.390. The van der Waals surface area contributed by atoms with Gasteiger partial charge in [0.2, 0.25) is 0 Å². The lowest BCUT2D eigenvalue weighted by Gasteiger charge is -2.08. The maximum Gasteiger partial charge on any atom is 0.305 e. The number of nitrogens with two attached hydrogens (primary N) is 1. The second kappa shape index (κ2) is 6.25. The van der Waals surface area contributed by atoms with Crippen molar-refractivity contribution in [1.29, 1.82) is 0 Å². The summed E-state index contributed by atoms with van der Waals surface area (Å²) in [6, 6.07) is 2.08. The Bertz CT molecular complexity index is 327. The van der Waals surface area contributed by atoms with E-state index in [4.69, 9.17) is 5.73 Å². The quantitative estimate of drug-likeness (QED) is 0.847. The molecule has 3 nitrogen and oxygen atoms in total.